The van der Waals surface area contributed by atoms with Gasteiger partial charge in [-0.3, -0.25) is 4.90 Å². The molecule has 5 heterocycles. The molecule has 2 aliphatic heterocycles. The summed E-state index contributed by atoms with van der Waals surface area (Å²) in [5.41, 5.74) is 10.9. The summed E-state index contributed by atoms with van der Waals surface area (Å²) in [5.74, 6) is 2.78. The Hall–Kier alpha value is -2.49. The summed E-state index contributed by atoms with van der Waals surface area (Å²) in [6, 6.07) is 1.90. The van der Waals surface area contributed by atoms with Crippen molar-refractivity contribution in [3.8, 4) is 17.1 Å². The molecular weight excluding hydrogens is 460 g/mol. The highest BCUT2D eigenvalue weighted by Gasteiger charge is 2.26. The average Bonchev–Trinajstić information content (AvgIpc) is 3.19. The van der Waals surface area contributed by atoms with Gasteiger partial charge < -0.3 is 20.1 Å². The Morgan fingerprint density at radius 3 is 2.57 bits per heavy atom. The van der Waals surface area contributed by atoms with E-state index in [0.717, 1.165) is 72.0 Å². The van der Waals surface area contributed by atoms with Crippen molar-refractivity contribution in [3.05, 3.63) is 22.7 Å². The quantitative estimate of drug-likeness (QED) is 0.539. The molecule has 9 heteroatoms. The molecule has 0 spiro atoms. The average molecular weight is 497 g/mol. The zero-order chi connectivity index (χ0) is 24.5. The number of anilines is 2. The molecule has 0 aliphatic carbocycles. The van der Waals surface area contributed by atoms with Crippen molar-refractivity contribution >= 4 is 33.2 Å². The minimum atomic E-state index is 0.431. The molecule has 2 N–H and O–H groups in total. The third kappa shape index (κ3) is 4.94. The summed E-state index contributed by atoms with van der Waals surface area (Å²) in [4.78, 5) is 20.7. The highest BCUT2D eigenvalue weighted by Crippen LogP contribution is 2.39. The smallest absolute Gasteiger partial charge is 0.236 e. The fraction of sp³-hybridized carbons (Fsp3) is 0.577. The number of nitrogen functional groups attached to an aromatic ring is 1. The molecule has 5 rings (SSSR count). The van der Waals surface area contributed by atoms with Gasteiger partial charge in [0.15, 0.2) is 0 Å². The lowest BCUT2D eigenvalue weighted by Crippen LogP contribution is -2.37. The number of pyridine rings is 1. The molecule has 3 aromatic heterocycles. The fourth-order valence-electron chi connectivity index (χ4n) is 5.18. The molecule has 8 nitrogen and oxygen atoms in total. The number of methoxy groups -OCH3 is 1. The predicted octanol–water partition coefficient (Wildman–Crippen LogP) is 4.36. The minimum Gasteiger partial charge on any atom is -0.480 e. The summed E-state index contributed by atoms with van der Waals surface area (Å²) < 4.78 is 11.9. The number of likely N-dealkylation sites (tertiary alicyclic amines) is 1. The molecule has 0 unspecified atom stereocenters. The normalized spacial score (nSPS) is 18.0. The van der Waals surface area contributed by atoms with E-state index in [1.54, 1.807) is 24.6 Å². The number of morpholine rings is 1. The van der Waals surface area contributed by atoms with Crippen LogP contribution in [0.4, 0.5) is 11.6 Å². The van der Waals surface area contributed by atoms with Gasteiger partial charge in [-0.1, -0.05) is 13.8 Å². The van der Waals surface area contributed by atoms with Gasteiger partial charge in [0.25, 0.3) is 0 Å². The van der Waals surface area contributed by atoms with Crippen LogP contribution in [0.3, 0.4) is 0 Å². The third-order valence-corrected chi connectivity index (χ3v) is 8.56. The van der Waals surface area contributed by atoms with E-state index in [1.807, 2.05) is 6.07 Å². The SMILES string of the molecule is COc1ncc(-c2nc(N3CCOCC3)nc3c(CN4CCC(C(C)C)CC4)c(C)sc23)cc1N. The van der Waals surface area contributed by atoms with Crippen LogP contribution in [0.2, 0.25) is 0 Å². The maximum Gasteiger partial charge on any atom is 0.236 e. The maximum absolute atomic E-state index is 6.22. The van der Waals surface area contributed by atoms with Crippen molar-refractivity contribution in [1.82, 2.24) is 19.9 Å². The van der Waals surface area contributed by atoms with Gasteiger partial charge in [-0.15, -0.1) is 11.3 Å². The summed E-state index contributed by atoms with van der Waals surface area (Å²) in [6.07, 6.45) is 4.34. The number of rotatable bonds is 6. The lowest BCUT2D eigenvalue weighted by atomic mass is 9.86. The van der Waals surface area contributed by atoms with E-state index in [-0.39, 0.29) is 0 Å². The van der Waals surface area contributed by atoms with E-state index < -0.39 is 0 Å². The number of ether oxygens (including phenoxy) is 2. The molecule has 2 saturated heterocycles. The Labute approximate surface area is 211 Å². The molecule has 2 fully saturated rings. The predicted molar refractivity (Wildman–Crippen MR) is 142 cm³/mol. The standard InChI is InChI=1S/C26H36N6O2S/c1-16(2)18-5-7-31(8-6-18)15-20-17(3)35-24-22(19-13-21(27)25(33-4)28-14-19)29-26(30-23(20)24)32-9-11-34-12-10-32/h13-14,16,18H,5-12,15,27H2,1-4H3. The zero-order valence-corrected chi connectivity index (χ0v) is 22.0. The molecule has 0 bridgehead atoms. The summed E-state index contributed by atoms with van der Waals surface area (Å²) in [7, 11) is 1.58. The van der Waals surface area contributed by atoms with Crippen molar-refractivity contribution in [2.24, 2.45) is 11.8 Å². The Morgan fingerprint density at radius 1 is 1.17 bits per heavy atom. The number of hydrogen-bond acceptors (Lipinski definition) is 9. The van der Waals surface area contributed by atoms with Gasteiger partial charge >= 0.3 is 0 Å². The van der Waals surface area contributed by atoms with Crippen LogP contribution in [0.25, 0.3) is 21.5 Å². The topological polar surface area (TPSA) is 89.6 Å². The van der Waals surface area contributed by atoms with Crippen molar-refractivity contribution in [3.63, 3.8) is 0 Å². The number of piperidine rings is 1. The first-order valence-corrected chi connectivity index (χ1v) is 13.4. The van der Waals surface area contributed by atoms with Crippen LogP contribution in [0.1, 0.15) is 37.1 Å². The van der Waals surface area contributed by atoms with E-state index in [9.17, 15) is 0 Å². The van der Waals surface area contributed by atoms with Gasteiger partial charge in [-0.05, 0) is 50.8 Å². The van der Waals surface area contributed by atoms with Gasteiger partial charge in [0.1, 0.15) is 0 Å². The van der Waals surface area contributed by atoms with E-state index in [2.05, 4.69) is 35.6 Å². The summed E-state index contributed by atoms with van der Waals surface area (Å²) in [6.45, 7) is 13.1. The van der Waals surface area contributed by atoms with Crippen LogP contribution in [-0.2, 0) is 11.3 Å². The molecule has 35 heavy (non-hydrogen) atoms. The van der Waals surface area contributed by atoms with Crippen LogP contribution < -0.4 is 15.4 Å². The molecule has 0 radical (unpaired) electrons. The monoisotopic (exact) mass is 496 g/mol. The summed E-state index contributed by atoms with van der Waals surface area (Å²) in [5, 5.41) is 0. The van der Waals surface area contributed by atoms with Crippen molar-refractivity contribution in [2.75, 3.05) is 57.1 Å². The van der Waals surface area contributed by atoms with E-state index >= 15 is 0 Å². The first-order valence-electron chi connectivity index (χ1n) is 12.6. The minimum absolute atomic E-state index is 0.431. The Balaban J connectivity index is 1.55. The number of aromatic nitrogens is 3. The van der Waals surface area contributed by atoms with Crippen molar-refractivity contribution < 1.29 is 9.47 Å². The molecule has 3 aromatic rings. The number of hydrogen-bond donors (Lipinski definition) is 1. The van der Waals surface area contributed by atoms with Gasteiger partial charge in [0.05, 0.1) is 41.9 Å². The molecule has 188 valence electrons. The number of aryl methyl sites for hydroxylation is 1. The number of thiophene rings is 1. The lowest BCUT2D eigenvalue weighted by molar-refractivity contribution is 0.122. The van der Waals surface area contributed by atoms with Crippen LogP contribution in [0.5, 0.6) is 5.88 Å². The van der Waals surface area contributed by atoms with Crippen molar-refractivity contribution in [2.45, 2.75) is 40.2 Å². The van der Waals surface area contributed by atoms with Crippen LogP contribution in [0.15, 0.2) is 12.3 Å². The molecule has 0 amide bonds. The maximum atomic E-state index is 6.22. The lowest BCUT2D eigenvalue weighted by Gasteiger charge is -2.33. The second kappa shape index (κ2) is 10.2. The van der Waals surface area contributed by atoms with Gasteiger partial charge in [-0.25, -0.2) is 15.0 Å². The zero-order valence-electron chi connectivity index (χ0n) is 21.2. The molecule has 2 aliphatic rings. The second-order valence-corrected chi connectivity index (χ2v) is 11.2. The molecular formula is C26H36N6O2S. The van der Waals surface area contributed by atoms with Gasteiger partial charge in [0.2, 0.25) is 11.8 Å². The number of nitrogens with zero attached hydrogens (tertiary/aromatic N) is 5. The number of nitrogens with two attached hydrogens (primary N) is 1. The van der Waals surface area contributed by atoms with E-state index in [4.69, 9.17) is 25.2 Å². The fourth-order valence-corrected chi connectivity index (χ4v) is 6.29. The Kier molecular flexibility index (Phi) is 7.09. The second-order valence-electron chi connectivity index (χ2n) is 9.97. The Bertz CT molecular complexity index is 1180. The van der Waals surface area contributed by atoms with Gasteiger partial charge in [-0.2, -0.15) is 0 Å². The van der Waals surface area contributed by atoms with Crippen LogP contribution in [0, 0.1) is 18.8 Å². The highest BCUT2D eigenvalue weighted by atomic mass is 32.1. The van der Waals surface area contributed by atoms with E-state index in [1.165, 1.54) is 23.3 Å². The summed E-state index contributed by atoms with van der Waals surface area (Å²) >= 11 is 1.77. The molecule has 0 aromatic carbocycles. The first kappa shape index (κ1) is 24.2. The van der Waals surface area contributed by atoms with Crippen LogP contribution in [-0.4, -0.2) is 66.4 Å². The highest BCUT2D eigenvalue weighted by molar-refractivity contribution is 7.19. The van der Waals surface area contributed by atoms with Gasteiger partial charge in [0, 0.05) is 41.8 Å². The first-order chi connectivity index (χ1) is 16.9. The van der Waals surface area contributed by atoms with E-state index in [0.29, 0.717) is 24.8 Å². The number of fused-ring (bicyclic) bond motifs is 1. The largest absolute Gasteiger partial charge is 0.480 e. The van der Waals surface area contributed by atoms with Crippen molar-refractivity contribution in [1.29, 1.82) is 0 Å². The van der Waals surface area contributed by atoms with Crippen LogP contribution >= 0.6 is 11.3 Å². The molecule has 0 saturated carbocycles. The third-order valence-electron chi connectivity index (χ3n) is 7.42. The Morgan fingerprint density at radius 2 is 1.91 bits per heavy atom. The molecule has 0 atom stereocenters.